The maximum atomic E-state index is 6.37. The molecule has 0 heterocycles. The number of anilines is 1. The molecule has 0 spiro atoms. The summed E-state index contributed by atoms with van der Waals surface area (Å²) in [4.78, 5) is 5.76. The van der Waals surface area contributed by atoms with E-state index in [2.05, 4.69) is 171 Å². The maximum Gasteiger partial charge on any atom is 0.0964 e. The standard InChI is InChI=1S/C51H49N3/c1-5-33(2)50(47-19-11-17-46(47)49-45(18-12-20-48(49)53-4)44-30-29-43(34(44)3)39-15-9-10-16-39)54-51(41-31-42(52)32-41)40-27-25-38(26-28-40)37-23-21-36(22-24-37)35-13-7-6-8-14-35/h6-10,12-15,17-31,33,42-43,51,53H,5,11,32,52H2,1-4H3. The summed E-state index contributed by atoms with van der Waals surface area (Å²) in [7, 11) is 2.03. The summed E-state index contributed by atoms with van der Waals surface area (Å²) in [5.41, 5.74) is 28.4. The van der Waals surface area contributed by atoms with Crippen molar-refractivity contribution in [2.75, 3.05) is 12.4 Å². The van der Waals surface area contributed by atoms with Gasteiger partial charge < -0.3 is 11.1 Å². The highest BCUT2D eigenvalue weighted by Gasteiger charge is 2.31. The lowest BCUT2D eigenvalue weighted by Gasteiger charge is -2.30. The van der Waals surface area contributed by atoms with Crippen molar-refractivity contribution in [2.24, 2.45) is 22.6 Å². The lowest BCUT2D eigenvalue weighted by Crippen LogP contribution is -2.29. The van der Waals surface area contributed by atoms with Crippen molar-refractivity contribution in [3.8, 4) is 22.3 Å². The van der Waals surface area contributed by atoms with E-state index in [4.69, 9.17) is 10.7 Å². The second-order valence-corrected chi connectivity index (χ2v) is 14.9. The molecule has 4 unspecified atom stereocenters. The number of hydrogen-bond donors (Lipinski definition) is 2. The molecule has 4 aliphatic carbocycles. The Morgan fingerprint density at radius 3 is 2.19 bits per heavy atom. The summed E-state index contributed by atoms with van der Waals surface area (Å²) < 4.78 is 0. The third kappa shape index (κ3) is 6.78. The first kappa shape index (κ1) is 35.3. The van der Waals surface area contributed by atoms with E-state index in [1.54, 1.807) is 0 Å². The number of aliphatic imine (C=N–C) groups is 1. The Balaban J connectivity index is 1.15. The number of nitrogens with one attached hydrogen (secondary N) is 1. The van der Waals surface area contributed by atoms with Gasteiger partial charge in [-0.05, 0) is 106 Å². The van der Waals surface area contributed by atoms with Crippen LogP contribution >= 0.6 is 0 Å². The van der Waals surface area contributed by atoms with Gasteiger partial charge in [0, 0.05) is 41.5 Å². The molecule has 4 aliphatic rings. The van der Waals surface area contributed by atoms with E-state index in [0.717, 1.165) is 24.9 Å². The van der Waals surface area contributed by atoms with Gasteiger partial charge in [-0.1, -0.05) is 147 Å². The van der Waals surface area contributed by atoms with E-state index in [9.17, 15) is 0 Å². The molecule has 0 saturated heterocycles. The SMILES string of the molecule is CCC(C)C(=NC(C1=CC(N)C1)c1ccc(-c2ccc(-c3ccccc3)cc2)cc1)C1=CCC=C1c1c(NC)cccc1C1=C(C)C(C2=C=CC=C2)C=C1. The molecule has 3 nitrogen and oxygen atoms in total. The number of benzene rings is 4. The number of hydrogen-bond acceptors (Lipinski definition) is 3. The topological polar surface area (TPSA) is 50.4 Å². The molecular weight excluding hydrogens is 655 g/mol. The average molecular weight is 704 g/mol. The van der Waals surface area contributed by atoms with Crippen LogP contribution in [-0.4, -0.2) is 18.8 Å². The maximum absolute atomic E-state index is 6.37. The summed E-state index contributed by atoms with van der Waals surface area (Å²) in [5.74, 6) is 0.514. The van der Waals surface area contributed by atoms with Crippen molar-refractivity contribution in [3.05, 3.63) is 190 Å². The van der Waals surface area contributed by atoms with Crippen LogP contribution in [0.5, 0.6) is 0 Å². The van der Waals surface area contributed by atoms with Crippen LogP contribution in [0.15, 0.2) is 179 Å². The van der Waals surface area contributed by atoms with E-state index < -0.39 is 0 Å². The number of allylic oxidation sites excluding steroid dienone is 11. The second kappa shape index (κ2) is 15.3. The Kier molecular flexibility index (Phi) is 10.0. The monoisotopic (exact) mass is 703 g/mol. The van der Waals surface area contributed by atoms with Gasteiger partial charge in [0.1, 0.15) is 0 Å². The molecule has 0 fully saturated rings. The zero-order valence-electron chi connectivity index (χ0n) is 31.8. The lowest BCUT2D eigenvalue weighted by atomic mass is 9.82. The normalized spacial score (nSPS) is 20.1. The Morgan fingerprint density at radius 2 is 1.56 bits per heavy atom. The first-order chi connectivity index (χ1) is 26.4. The van der Waals surface area contributed by atoms with Crippen LogP contribution in [0, 0.1) is 11.8 Å². The largest absolute Gasteiger partial charge is 0.388 e. The van der Waals surface area contributed by atoms with E-state index in [1.807, 2.05) is 13.1 Å². The molecule has 3 N–H and O–H groups in total. The summed E-state index contributed by atoms with van der Waals surface area (Å²) in [6.45, 7) is 6.87. The van der Waals surface area contributed by atoms with Crippen LogP contribution in [0.25, 0.3) is 33.4 Å². The van der Waals surface area contributed by atoms with Crippen LogP contribution < -0.4 is 11.1 Å². The summed E-state index contributed by atoms with van der Waals surface area (Å²) in [5, 5.41) is 3.55. The Bertz CT molecular complexity index is 2350. The molecule has 0 aliphatic heterocycles. The molecule has 4 aromatic carbocycles. The molecule has 3 heteroatoms. The van der Waals surface area contributed by atoms with Gasteiger partial charge >= 0.3 is 0 Å². The zero-order valence-corrected chi connectivity index (χ0v) is 31.8. The van der Waals surface area contributed by atoms with Gasteiger partial charge in [-0.15, -0.1) is 5.73 Å². The van der Waals surface area contributed by atoms with Gasteiger partial charge in [0.25, 0.3) is 0 Å². The Hall–Kier alpha value is -5.73. The van der Waals surface area contributed by atoms with Crippen molar-refractivity contribution in [2.45, 2.75) is 52.1 Å². The fourth-order valence-electron chi connectivity index (χ4n) is 8.31. The van der Waals surface area contributed by atoms with Gasteiger partial charge in [-0.3, -0.25) is 4.99 Å². The fourth-order valence-corrected chi connectivity index (χ4v) is 8.31. The molecule has 4 atom stereocenters. The summed E-state index contributed by atoms with van der Waals surface area (Å²) in [6, 6.07) is 35.1. The van der Waals surface area contributed by atoms with Crippen molar-refractivity contribution >= 4 is 22.5 Å². The molecule has 8 rings (SSSR count). The van der Waals surface area contributed by atoms with E-state index in [1.165, 1.54) is 78.1 Å². The van der Waals surface area contributed by atoms with Gasteiger partial charge in [0.2, 0.25) is 0 Å². The predicted molar refractivity (Wildman–Crippen MR) is 230 cm³/mol. The zero-order chi connectivity index (χ0) is 37.2. The van der Waals surface area contributed by atoms with Crippen LogP contribution in [0.2, 0.25) is 0 Å². The fraction of sp³-hybridized carbons (Fsp3) is 0.216. The van der Waals surface area contributed by atoms with Crippen LogP contribution in [-0.2, 0) is 0 Å². The van der Waals surface area contributed by atoms with Gasteiger partial charge in [0.05, 0.1) is 6.04 Å². The van der Waals surface area contributed by atoms with E-state index in [-0.39, 0.29) is 23.9 Å². The Morgan fingerprint density at radius 1 is 0.870 bits per heavy atom. The summed E-state index contributed by atoms with van der Waals surface area (Å²) in [6.07, 6.45) is 20.7. The van der Waals surface area contributed by atoms with Crippen LogP contribution in [0.1, 0.15) is 62.8 Å². The number of nitrogens with zero attached hydrogens (tertiary/aromatic N) is 1. The minimum Gasteiger partial charge on any atom is -0.388 e. The first-order valence-electron chi connectivity index (χ1n) is 19.5. The van der Waals surface area contributed by atoms with Gasteiger partial charge in [-0.25, -0.2) is 0 Å². The van der Waals surface area contributed by atoms with Crippen LogP contribution in [0.3, 0.4) is 0 Å². The summed E-state index contributed by atoms with van der Waals surface area (Å²) >= 11 is 0. The third-order valence-corrected chi connectivity index (χ3v) is 11.6. The van der Waals surface area contributed by atoms with Crippen molar-refractivity contribution in [1.82, 2.24) is 0 Å². The minimum atomic E-state index is -0.0886. The number of rotatable bonds is 12. The van der Waals surface area contributed by atoms with Crippen molar-refractivity contribution < 1.29 is 0 Å². The quantitative estimate of drug-likeness (QED) is 0.0877. The van der Waals surface area contributed by atoms with Crippen molar-refractivity contribution in [1.29, 1.82) is 0 Å². The van der Waals surface area contributed by atoms with E-state index in [0.29, 0.717) is 0 Å². The molecule has 54 heavy (non-hydrogen) atoms. The molecule has 0 aromatic heterocycles. The molecule has 0 bridgehead atoms. The highest BCUT2D eigenvalue weighted by Crippen LogP contribution is 2.45. The minimum absolute atomic E-state index is 0.0872. The predicted octanol–water partition coefficient (Wildman–Crippen LogP) is 12.3. The smallest absolute Gasteiger partial charge is 0.0964 e. The Labute approximate surface area is 321 Å². The second-order valence-electron chi connectivity index (χ2n) is 14.9. The molecule has 268 valence electrons. The molecular formula is C51H49N3. The average Bonchev–Trinajstić information content (AvgIpc) is 3.99. The highest BCUT2D eigenvalue weighted by atomic mass is 14.8. The molecule has 0 amide bonds. The molecule has 4 aromatic rings. The molecule has 0 radical (unpaired) electrons. The van der Waals surface area contributed by atoms with Crippen LogP contribution in [0.4, 0.5) is 5.69 Å². The highest BCUT2D eigenvalue weighted by molar-refractivity contribution is 6.17. The lowest BCUT2D eigenvalue weighted by molar-refractivity contribution is 0.636. The first-order valence-corrected chi connectivity index (χ1v) is 19.5. The van der Waals surface area contributed by atoms with E-state index >= 15 is 0 Å². The van der Waals surface area contributed by atoms with Gasteiger partial charge in [-0.2, -0.15) is 0 Å². The van der Waals surface area contributed by atoms with Crippen molar-refractivity contribution in [3.63, 3.8) is 0 Å². The third-order valence-electron chi connectivity index (χ3n) is 11.6. The number of nitrogens with two attached hydrogens (primary N) is 1. The van der Waals surface area contributed by atoms with Gasteiger partial charge in [0.15, 0.2) is 0 Å². The molecule has 0 saturated carbocycles.